The fraction of sp³-hybridized carbons (Fsp3) is 0.467. The second-order valence-corrected chi connectivity index (χ2v) is 4.85. The van der Waals surface area contributed by atoms with Gasteiger partial charge in [-0.05, 0) is 24.6 Å². The van der Waals surface area contributed by atoms with E-state index in [1.54, 1.807) is 39.2 Å². The first-order valence-corrected chi connectivity index (χ1v) is 6.70. The van der Waals surface area contributed by atoms with Gasteiger partial charge >= 0.3 is 5.97 Å². The van der Waals surface area contributed by atoms with Crippen LogP contribution in [0.25, 0.3) is 0 Å². The van der Waals surface area contributed by atoms with Crippen molar-refractivity contribution in [3.05, 3.63) is 35.4 Å². The first kappa shape index (κ1) is 17.1. The van der Waals surface area contributed by atoms with E-state index in [4.69, 9.17) is 4.74 Å². The average molecular weight is 295 g/mol. The number of hydrogen-bond acceptors (Lipinski definition) is 5. The lowest BCUT2D eigenvalue weighted by atomic mass is 10.00. The number of nitrogens with zero attached hydrogens (tertiary/aromatic N) is 1. The fourth-order valence-corrected chi connectivity index (χ4v) is 1.84. The normalized spacial score (nSPS) is 13.4. The van der Waals surface area contributed by atoms with Gasteiger partial charge in [-0.25, -0.2) is 0 Å². The van der Waals surface area contributed by atoms with Crippen LogP contribution < -0.4 is 0 Å². The van der Waals surface area contributed by atoms with Gasteiger partial charge in [0.05, 0.1) is 19.1 Å². The van der Waals surface area contributed by atoms with Gasteiger partial charge in [-0.1, -0.05) is 12.1 Å². The van der Waals surface area contributed by atoms with E-state index in [1.165, 1.54) is 11.0 Å². The molecule has 0 saturated carbocycles. The number of carbonyl (C=O) groups is 2. The van der Waals surface area contributed by atoms with E-state index >= 15 is 0 Å². The number of ether oxygens (including phenoxy) is 1. The highest BCUT2D eigenvalue weighted by Gasteiger charge is 2.23. The summed E-state index contributed by atoms with van der Waals surface area (Å²) in [6.07, 6.45) is -2.85. The molecule has 0 saturated heterocycles. The molecule has 0 aliphatic carbocycles. The van der Waals surface area contributed by atoms with Crippen LogP contribution in [0.15, 0.2) is 24.3 Å². The molecule has 1 amide bonds. The van der Waals surface area contributed by atoms with Gasteiger partial charge in [0.15, 0.2) is 0 Å². The van der Waals surface area contributed by atoms with Crippen LogP contribution in [0.3, 0.4) is 0 Å². The highest BCUT2D eigenvalue weighted by molar-refractivity contribution is 5.94. The SMILES string of the molecule is CCOC(=O)CC(O)C(O)c1cccc(C(=O)N(C)C)c1. The van der Waals surface area contributed by atoms with E-state index in [0.717, 1.165) is 0 Å². The van der Waals surface area contributed by atoms with E-state index in [9.17, 15) is 19.8 Å². The number of benzene rings is 1. The van der Waals surface area contributed by atoms with Crippen LogP contribution in [-0.4, -0.2) is 53.8 Å². The Hall–Kier alpha value is -1.92. The van der Waals surface area contributed by atoms with Crippen molar-refractivity contribution in [3.8, 4) is 0 Å². The summed E-state index contributed by atoms with van der Waals surface area (Å²) in [6.45, 7) is 1.88. The average Bonchev–Trinajstić information content (AvgIpc) is 2.45. The molecule has 0 radical (unpaired) electrons. The smallest absolute Gasteiger partial charge is 0.308 e. The Kier molecular flexibility index (Phi) is 6.33. The van der Waals surface area contributed by atoms with E-state index in [2.05, 4.69) is 0 Å². The molecular formula is C15H21NO5. The quantitative estimate of drug-likeness (QED) is 0.756. The van der Waals surface area contributed by atoms with E-state index in [0.29, 0.717) is 11.1 Å². The molecule has 2 atom stereocenters. The zero-order chi connectivity index (χ0) is 16.0. The summed E-state index contributed by atoms with van der Waals surface area (Å²) in [7, 11) is 3.25. The largest absolute Gasteiger partial charge is 0.466 e. The lowest BCUT2D eigenvalue weighted by molar-refractivity contribution is -0.147. The topological polar surface area (TPSA) is 87.1 Å². The molecule has 0 heterocycles. The van der Waals surface area contributed by atoms with Crippen LogP contribution in [0.4, 0.5) is 0 Å². The van der Waals surface area contributed by atoms with Crippen LogP contribution >= 0.6 is 0 Å². The maximum absolute atomic E-state index is 11.9. The number of esters is 1. The van der Waals surface area contributed by atoms with Gasteiger partial charge < -0.3 is 19.8 Å². The maximum atomic E-state index is 11.9. The Labute approximate surface area is 124 Å². The second kappa shape index (κ2) is 7.75. The van der Waals surface area contributed by atoms with Gasteiger partial charge in [0.25, 0.3) is 5.91 Å². The Morgan fingerprint density at radius 2 is 1.95 bits per heavy atom. The zero-order valence-corrected chi connectivity index (χ0v) is 12.4. The standard InChI is InChI=1S/C15H21NO5/c1-4-21-13(18)9-12(17)14(19)10-6-5-7-11(8-10)15(20)16(2)3/h5-8,12,14,17,19H,4,9H2,1-3H3. The summed E-state index contributed by atoms with van der Waals surface area (Å²) < 4.78 is 4.72. The van der Waals surface area contributed by atoms with E-state index < -0.39 is 18.2 Å². The Morgan fingerprint density at radius 3 is 2.52 bits per heavy atom. The molecule has 116 valence electrons. The van der Waals surface area contributed by atoms with Crippen molar-refractivity contribution in [2.45, 2.75) is 25.6 Å². The minimum atomic E-state index is -1.28. The number of rotatable bonds is 6. The highest BCUT2D eigenvalue weighted by Crippen LogP contribution is 2.21. The maximum Gasteiger partial charge on any atom is 0.308 e. The minimum absolute atomic E-state index is 0.205. The van der Waals surface area contributed by atoms with Crippen molar-refractivity contribution in [3.63, 3.8) is 0 Å². The first-order valence-electron chi connectivity index (χ1n) is 6.70. The summed E-state index contributed by atoms with van der Waals surface area (Å²) in [4.78, 5) is 24.6. The molecular weight excluding hydrogens is 274 g/mol. The van der Waals surface area contributed by atoms with Crippen molar-refractivity contribution in [1.82, 2.24) is 4.90 Å². The van der Waals surface area contributed by atoms with Crippen molar-refractivity contribution >= 4 is 11.9 Å². The van der Waals surface area contributed by atoms with Crippen molar-refractivity contribution in [1.29, 1.82) is 0 Å². The van der Waals surface area contributed by atoms with Gasteiger partial charge in [-0.2, -0.15) is 0 Å². The number of amides is 1. The fourth-order valence-electron chi connectivity index (χ4n) is 1.84. The van der Waals surface area contributed by atoms with E-state index in [-0.39, 0.29) is 18.9 Å². The van der Waals surface area contributed by atoms with Gasteiger partial charge in [-0.3, -0.25) is 9.59 Å². The third-order valence-electron chi connectivity index (χ3n) is 2.93. The molecule has 0 aliphatic rings. The van der Waals surface area contributed by atoms with Crippen LogP contribution in [0, 0.1) is 0 Å². The van der Waals surface area contributed by atoms with E-state index in [1.807, 2.05) is 0 Å². The Bertz CT molecular complexity index is 501. The van der Waals surface area contributed by atoms with Gasteiger partial charge in [0.1, 0.15) is 6.10 Å². The van der Waals surface area contributed by atoms with Crippen LogP contribution in [0.2, 0.25) is 0 Å². The Balaban J connectivity index is 2.82. The highest BCUT2D eigenvalue weighted by atomic mass is 16.5. The summed E-state index contributed by atoms with van der Waals surface area (Å²) in [6, 6.07) is 6.33. The molecule has 0 bridgehead atoms. The third kappa shape index (κ3) is 4.84. The lowest BCUT2D eigenvalue weighted by Gasteiger charge is -2.18. The van der Waals surface area contributed by atoms with Gasteiger partial charge in [0, 0.05) is 19.7 Å². The predicted molar refractivity (Wildman–Crippen MR) is 76.7 cm³/mol. The predicted octanol–water partition coefficient (Wildman–Crippen LogP) is 0.736. The third-order valence-corrected chi connectivity index (χ3v) is 2.93. The Morgan fingerprint density at radius 1 is 1.29 bits per heavy atom. The first-order chi connectivity index (χ1) is 9.86. The molecule has 0 spiro atoms. The minimum Gasteiger partial charge on any atom is -0.466 e. The number of aliphatic hydroxyl groups is 2. The molecule has 2 unspecified atom stereocenters. The number of aliphatic hydroxyl groups excluding tert-OH is 2. The number of hydrogen-bond donors (Lipinski definition) is 2. The van der Waals surface area contributed by atoms with Crippen LogP contribution in [0.5, 0.6) is 0 Å². The molecule has 2 N–H and O–H groups in total. The summed E-state index contributed by atoms with van der Waals surface area (Å²) in [5.74, 6) is -0.784. The summed E-state index contributed by atoms with van der Waals surface area (Å²) in [5.41, 5.74) is 0.777. The zero-order valence-electron chi connectivity index (χ0n) is 12.4. The van der Waals surface area contributed by atoms with Crippen molar-refractivity contribution in [2.24, 2.45) is 0 Å². The lowest BCUT2D eigenvalue weighted by Crippen LogP contribution is -2.24. The molecule has 0 aliphatic heterocycles. The molecule has 1 aromatic rings. The number of carbonyl (C=O) groups excluding carboxylic acids is 2. The monoisotopic (exact) mass is 295 g/mol. The van der Waals surface area contributed by atoms with Crippen LogP contribution in [-0.2, 0) is 9.53 Å². The summed E-state index contributed by atoms with van der Waals surface area (Å²) >= 11 is 0. The van der Waals surface area contributed by atoms with Crippen LogP contribution in [0.1, 0.15) is 35.4 Å². The molecule has 6 nitrogen and oxygen atoms in total. The van der Waals surface area contributed by atoms with Crippen molar-refractivity contribution in [2.75, 3.05) is 20.7 Å². The molecule has 21 heavy (non-hydrogen) atoms. The molecule has 0 fully saturated rings. The molecule has 6 heteroatoms. The molecule has 1 aromatic carbocycles. The summed E-state index contributed by atoms with van der Waals surface area (Å²) in [5, 5.41) is 19.9. The second-order valence-electron chi connectivity index (χ2n) is 4.85. The molecule has 0 aromatic heterocycles. The van der Waals surface area contributed by atoms with Gasteiger partial charge in [-0.15, -0.1) is 0 Å². The molecule has 1 rings (SSSR count). The van der Waals surface area contributed by atoms with Crippen molar-refractivity contribution < 1.29 is 24.5 Å². The van der Waals surface area contributed by atoms with Gasteiger partial charge in [0.2, 0.25) is 0 Å².